The number of hydrogen-bond acceptors (Lipinski definition) is 11. The zero-order valence-corrected chi connectivity index (χ0v) is 75.5. The van der Waals surface area contributed by atoms with Gasteiger partial charge >= 0.3 is 0 Å². The standard InChI is InChI=1S/C48H31N3O.C47H31N3.C33H24N4/c1-2-14-36-32(10-1)25-42(39-16-4-3-15-38(36)39)43-26-35(31-12-7-11-30(24-31)33-13-9-23-49-28-33)27-44-47(43)50-46-22-21-34(29-51(44)46)37-18-8-19-41-40-17-5-6-20-45(40)52-48(37)41;1-4-14-40-35(11-1)36-12-2-5-15-41(36)47(40)42-16-6-3-13-37(42)38-23-22-32(27-43(38)47)39-26-34(28-44-46(39)49-45-17-7-8-25-50(44)45)31-20-18-30(19-21-31)33-10-9-24-48-29-33;1-2-18-37-31-20-29(25-10-8-23(9-11-25)27-5-3-16-34-21-27)19-30(33(31)36-32(37)7-1)26-14-12-24(13-15-26)28-6-4-17-35-22-28/h1-29,46,50H;1-29,45,49H;1-22,32,36H. The van der Waals surface area contributed by atoms with Crippen LogP contribution in [0.2, 0.25) is 0 Å². The Balaban J connectivity index is 0.000000107. The van der Waals surface area contributed by atoms with Crippen molar-refractivity contribution in [3.63, 3.8) is 0 Å². The minimum atomic E-state index is -0.381. The average molecular weight is 1780 g/mol. The summed E-state index contributed by atoms with van der Waals surface area (Å²) >= 11 is 0. The van der Waals surface area contributed by atoms with Gasteiger partial charge in [-0.3, -0.25) is 19.9 Å². The molecule has 0 radical (unpaired) electrons. The largest absolute Gasteiger partial charge is 0.455 e. The molecule has 0 bridgehead atoms. The fourth-order valence-electron chi connectivity index (χ4n) is 22.4. The van der Waals surface area contributed by atoms with Crippen molar-refractivity contribution in [1.82, 2.24) is 19.9 Å². The third kappa shape index (κ3) is 13.6. The molecule has 8 aliphatic rings. The Morgan fingerprint density at radius 3 is 1.20 bits per heavy atom. The maximum absolute atomic E-state index is 6.48. The van der Waals surface area contributed by atoms with Crippen molar-refractivity contribution >= 4 is 83.2 Å². The topological polar surface area (TPSA) is 111 Å². The number of nitrogens with one attached hydrogen (secondary N) is 3. The minimum absolute atomic E-state index is 0.0314. The van der Waals surface area contributed by atoms with E-state index in [4.69, 9.17) is 4.42 Å². The van der Waals surface area contributed by atoms with E-state index in [-0.39, 0.29) is 23.9 Å². The predicted octanol–water partition coefficient (Wildman–Crippen LogP) is 31.3. The van der Waals surface area contributed by atoms with E-state index in [1.807, 2.05) is 73.6 Å². The molecule has 654 valence electrons. The molecule has 5 aromatic heterocycles. The second-order valence-electron chi connectivity index (χ2n) is 36.5. The summed E-state index contributed by atoms with van der Waals surface area (Å²) in [5, 5.41) is 18.8. The number of rotatable bonds is 11. The monoisotopic (exact) mass is 1780 g/mol. The number of allylic oxidation sites excluding steroid dienone is 6. The first-order valence-electron chi connectivity index (χ1n) is 47.5. The highest BCUT2D eigenvalue weighted by Gasteiger charge is 2.52. The van der Waals surface area contributed by atoms with Gasteiger partial charge in [-0.25, -0.2) is 0 Å². The molecule has 2 aliphatic carbocycles. The molecule has 11 heterocycles. The third-order valence-corrected chi connectivity index (χ3v) is 28.9. The van der Waals surface area contributed by atoms with Crippen molar-refractivity contribution in [2.75, 3.05) is 30.7 Å². The van der Waals surface area contributed by atoms with Crippen LogP contribution in [0.3, 0.4) is 0 Å². The Morgan fingerprint density at radius 1 is 0.245 bits per heavy atom. The van der Waals surface area contributed by atoms with Crippen LogP contribution in [0.15, 0.2) is 491 Å². The first-order chi connectivity index (χ1) is 68.9. The lowest BCUT2D eigenvalue weighted by Gasteiger charge is -2.30. The van der Waals surface area contributed by atoms with E-state index in [2.05, 4.69) is 451 Å². The molecule has 0 saturated carbocycles. The third-order valence-electron chi connectivity index (χ3n) is 28.9. The lowest BCUT2D eigenvalue weighted by atomic mass is 9.70. The highest BCUT2D eigenvalue weighted by Crippen LogP contribution is 2.64. The van der Waals surface area contributed by atoms with Crippen molar-refractivity contribution in [2.45, 2.75) is 23.9 Å². The van der Waals surface area contributed by atoms with Crippen molar-refractivity contribution in [3.05, 3.63) is 515 Å². The van der Waals surface area contributed by atoms with Crippen LogP contribution in [0.25, 0.3) is 183 Å². The predicted molar refractivity (Wildman–Crippen MR) is 573 cm³/mol. The molecule has 16 aromatic carbocycles. The highest BCUT2D eigenvalue weighted by atomic mass is 16.3. The summed E-state index contributed by atoms with van der Waals surface area (Å²) < 4.78 is 6.48. The van der Waals surface area contributed by atoms with Gasteiger partial charge in [-0.15, -0.1) is 0 Å². The van der Waals surface area contributed by atoms with Gasteiger partial charge in [-0.05, 0) is 270 Å². The number of benzene rings is 16. The van der Waals surface area contributed by atoms with Gasteiger partial charge in [-0.1, -0.05) is 303 Å². The molecular formula is C128H86N10O. The maximum atomic E-state index is 6.48. The van der Waals surface area contributed by atoms with Crippen LogP contribution in [0.1, 0.15) is 27.8 Å². The molecule has 3 atom stereocenters. The molecule has 0 amide bonds. The fraction of sp³-hybridized carbons (Fsp3) is 0.0312. The Labute approximate surface area is 804 Å². The second-order valence-corrected chi connectivity index (χ2v) is 36.5. The average Bonchev–Trinajstić information content (AvgIpc) is 1.50. The molecular weight excluding hydrogens is 1690 g/mol. The van der Waals surface area contributed by atoms with Gasteiger partial charge in [0.2, 0.25) is 0 Å². The normalized spacial score (nSPS) is 15.5. The van der Waals surface area contributed by atoms with Gasteiger partial charge in [0.05, 0.1) is 39.5 Å². The number of hydrogen-bond donors (Lipinski definition) is 3. The highest BCUT2D eigenvalue weighted by molar-refractivity contribution is 6.17. The van der Waals surface area contributed by atoms with Gasteiger partial charge < -0.3 is 35.1 Å². The van der Waals surface area contributed by atoms with Gasteiger partial charge in [0.15, 0.2) is 0 Å². The summed E-state index contributed by atoms with van der Waals surface area (Å²) in [4.78, 5) is 24.3. The number of anilines is 6. The van der Waals surface area contributed by atoms with Crippen molar-refractivity contribution in [3.8, 4) is 134 Å². The van der Waals surface area contributed by atoms with Crippen molar-refractivity contribution in [2.24, 2.45) is 0 Å². The molecule has 0 fully saturated rings. The molecule has 1 spiro atoms. The quantitative estimate of drug-likeness (QED) is 0.108. The Hall–Kier alpha value is -18.3. The molecule has 29 rings (SSSR count). The van der Waals surface area contributed by atoms with Crippen molar-refractivity contribution < 1.29 is 4.42 Å². The van der Waals surface area contributed by atoms with E-state index in [0.29, 0.717) is 0 Å². The van der Waals surface area contributed by atoms with Crippen LogP contribution in [0.4, 0.5) is 34.1 Å². The number of para-hydroxylation sites is 2. The molecule has 3 unspecified atom stereocenters. The molecule has 11 heteroatoms. The number of pyridine rings is 4. The Kier molecular flexibility index (Phi) is 19.1. The smallest absolute Gasteiger partial charge is 0.143 e. The van der Waals surface area contributed by atoms with E-state index in [0.717, 1.165) is 106 Å². The first-order valence-corrected chi connectivity index (χ1v) is 47.5. The van der Waals surface area contributed by atoms with E-state index < -0.39 is 0 Å². The Bertz CT molecular complexity index is 8680. The van der Waals surface area contributed by atoms with E-state index in [1.54, 1.807) is 12.4 Å². The lowest BCUT2D eigenvalue weighted by molar-refractivity contribution is 0.667. The summed E-state index contributed by atoms with van der Waals surface area (Å²) in [7, 11) is 0. The van der Waals surface area contributed by atoms with Crippen LogP contribution in [-0.4, -0.2) is 38.4 Å². The van der Waals surface area contributed by atoms with Crippen LogP contribution in [0, 0.1) is 0 Å². The van der Waals surface area contributed by atoms with E-state index >= 15 is 0 Å². The summed E-state index contributed by atoms with van der Waals surface area (Å²) in [6, 6.07) is 134. The summed E-state index contributed by atoms with van der Waals surface area (Å²) in [5.74, 6) is 0. The maximum Gasteiger partial charge on any atom is 0.143 e. The zero-order chi connectivity index (χ0) is 91.6. The van der Waals surface area contributed by atoms with Crippen LogP contribution < -0.4 is 30.7 Å². The first kappa shape index (κ1) is 80.3. The number of aromatic nitrogens is 4. The van der Waals surface area contributed by atoms with E-state index in [1.165, 1.54) is 139 Å². The number of fused-ring (bicyclic) bond motifs is 25. The number of furan rings is 1. The van der Waals surface area contributed by atoms with Crippen molar-refractivity contribution in [1.29, 1.82) is 0 Å². The SMILES string of the molecule is C1=CC2Nc3c(-c4cc5ccccc5c5ccccc45)cc(-c4cccc(-c5cccnc5)c4)cc3N2C=C1c1cccc2c1oc1ccccc12.C1=CC2Nc3c(-c4ccc(-c5cccnc5)cc4)cc(-c4ccc(-c5cccnc5)cc4)cc3N2C=C1.C1=CC2Nc3c(-c4ccc5c(c4)C4(c6ccccc6-c6ccccc64)c4ccccc4-5)cc(-c4ccc(-c5cccnc5)cc4)cc3N2C=C1. The summed E-state index contributed by atoms with van der Waals surface area (Å²) in [5.41, 5.74) is 44.6. The van der Waals surface area contributed by atoms with Gasteiger partial charge in [0.1, 0.15) is 29.7 Å². The zero-order valence-electron chi connectivity index (χ0n) is 75.5. The Morgan fingerprint density at radius 2 is 0.647 bits per heavy atom. The molecule has 6 aliphatic heterocycles. The van der Waals surface area contributed by atoms with Gasteiger partial charge in [-0.2, -0.15) is 0 Å². The molecule has 139 heavy (non-hydrogen) atoms. The molecule has 0 saturated heterocycles. The summed E-state index contributed by atoms with van der Waals surface area (Å²) in [6.45, 7) is 0. The molecule has 21 aromatic rings. The minimum Gasteiger partial charge on any atom is -0.455 e. The van der Waals surface area contributed by atoms with Crippen LogP contribution in [-0.2, 0) is 5.41 Å². The van der Waals surface area contributed by atoms with Crippen LogP contribution >= 0.6 is 0 Å². The fourth-order valence-corrected chi connectivity index (χ4v) is 22.4. The van der Waals surface area contributed by atoms with Gasteiger partial charge in [0.25, 0.3) is 0 Å². The van der Waals surface area contributed by atoms with Gasteiger partial charge in [0, 0.05) is 112 Å². The molecule has 11 nitrogen and oxygen atoms in total. The lowest BCUT2D eigenvalue weighted by Crippen LogP contribution is -2.31. The molecule has 3 N–H and O–H groups in total. The van der Waals surface area contributed by atoms with E-state index in [9.17, 15) is 0 Å². The number of nitrogens with zero attached hydrogens (tertiary/aromatic N) is 7. The second kappa shape index (κ2) is 33.1. The summed E-state index contributed by atoms with van der Waals surface area (Å²) in [6.07, 6.45) is 39.0. The van der Waals surface area contributed by atoms with Crippen LogP contribution in [0.5, 0.6) is 0 Å².